The molecule has 2 heterocycles. The van der Waals surface area contributed by atoms with Crippen molar-refractivity contribution in [2.45, 2.75) is 10.9 Å². The van der Waals surface area contributed by atoms with E-state index in [9.17, 15) is 9.59 Å². The summed E-state index contributed by atoms with van der Waals surface area (Å²) in [6.07, 6.45) is 7.57. The van der Waals surface area contributed by atoms with Crippen LogP contribution in [0.5, 0.6) is 5.75 Å². The molecule has 0 unspecified atom stereocenters. The molecule has 3 rings (SSSR count). The van der Waals surface area contributed by atoms with E-state index in [2.05, 4.69) is 4.98 Å². The molecule has 2 aromatic heterocycles. The summed E-state index contributed by atoms with van der Waals surface area (Å²) in [5.41, 5.74) is 0.450. The van der Waals surface area contributed by atoms with Gasteiger partial charge in [-0.2, -0.15) is 0 Å². The van der Waals surface area contributed by atoms with Crippen molar-refractivity contribution in [1.29, 1.82) is 0 Å². The number of hydrogen-bond acceptors (Lipinski definition) is 6. The Bertz CT molecular complexity index is 976. The average Bonchev–Trinajstić information content (AvgIpc) is 3.06. The van der Waals surface area contributed by atoms with E-state index in [4.69, 9.17) is 9.15 Å². The van der Waals surface area contributed by atoms with Crippen molar-refractivity contribution in [3.05, 3.63) is 82.7 Å². The van der Waals surface area contributed by atoms with Gasteiger partial charge in [0.1, 0.15) is 12.0 Å². The molecule has 0 aliphatic carbocycles. The van der Waals surface area contributed by atoms with Crippen molar-refractivity contribution in [1.82, 2.24) is 9.55 Å². The van der Waals surface area contributed by atoms with Crippen LogP contribution in [-0.4, -0.2) is 15.5 Å². The van der Waals surface area contributed by atoms with Crippen LogP contribution in [0.25, 0.3) is 6.08 Å². The molecule has 0 N–H and O–H groups in total. The maximum absolute atomic E-state index is 12.1. The van der Waals surface area contributed by atoms with E-state index in [-0.39, 0.29) is 5.75 Å². The number of ether oxygens (including phenoxy) is 1. The van der Waals surface area contributed by atoms with Crippen LogP contribution in [-0.2, 0) is 17.6 Å². The third kappa shape index (κ3) is 4.73. The first-order chi connectivity index (χ1) is 12.6. The predicted molar refractivity (Wildman–Crippen MR) is 98.9 cm³/mol. The van der Waals surface area contributed by atoms with Gasteiger partial charge in [0.05, 0.1) is 5.75 Å². The lowest BCUT2D eigenvalue weighted by Crippen LogP contribution is -2.12. The fraction of sp³-hybridized carbons (Fsp3) is 0.105. The van der Waals surface area contributed by atoms with Crippen molar-refractivity contribution in [2.24, 2.45) is 7.05 Å². The first kappa shape index (κ1) is 17.8. The second kappa shape index (κ2) is 8.35. The zero-order valence-corrected chi connectivity index (χ0v) is 14.8. The van der Waals surface area contributed by atoms with Crippen molar-refractivity contribution in [2.75, 3.05) is 0 Å². The normalized spacial score (nSPS) is 11.0. The molecule has 0 radical (unpaired) electrons. The number of aryl methyl sites for hydroxylation is 1. The molecule has 0 saturated carbocycles. The summed E-state index contributed by atoms with van der Waals surface area (Å²) in [4.78, 5) is 28.1. The van der Waals surface area contributed by atoms with Gasteiger partial charge < -0.3 is 13.7 Å². The number of hydrogen-bond donors (Lipinski definition) is 0. The van der Waals surface area contributed by atoms with Gasteiger partial charge in [-0.05, 0) is 11.6 Å². The van der Waals surface area contributed by atoms with Crippen molar-refractivity contribution < 1.29 is 13.9 Å². The molecule has 0 bridgehead atoms. The molecule has 132 valence electrons. The molecular weight excluding hydrogens is 352 g/mol. The summed E-state index contributed by atoms with van der Waals surface area (Å²) in [6.45, 7) is 0. The first-order valence-corrected chi connectivity index (χ1v) is 8.77. The number of nitrogens with zero attached hydrogens (tertiary/aromatic N) is 2. The molecular formula is C19H16N2O4S. The minimum Gasteiger partial charge on any atom is -0.464 e. The predicted octanol–water partition coefficient (Wildman–Crippen LogP) is 3.28. The van der Waals surface area contributed by atoms with Gasteiger partial charge in [-0.3, -0.25) is 4.79 Å². The molecule has 0 saturated heterocycles. The van der Waals surface area contributed by atoms with E-state index >= 15 is 0 Å². The number of aromatic nitrogens is 2. The van der Waals surface area contributed by atoms with E-state index in [1.165, 1.54) is 23.9 Å². The summed E-state index contributed by atoms with van der Waals surface area (Å²) in [5, 5.41) is 0.814. The average molecular weight is 368 g/mol. The highest BCUT2D eigenvalue weighted by molar-refractivity contribution is 7.98. The third-order valence-electron chi connectivity index (χ3n) is 3.39. The number of carbonyl (C=O) groups excluding carboxylic acids is 1. The standard InChI is InChI=1S/C19H16N2O4S/c1-21-10-9-20-19(21)26-13-15-11-16(22)17(12-24-15)25-18(23)8-7-14-5-3-2-4-6-14/h2-12H,13H2,1H3. The number of esters is 1. The Balaban J connectivity index is 1.60. The zero-order chi connectivity index (χ0) is 18.4. The monoisotopic (exact) mass is 368 g/mol. The summed E-state index contributed by atoms with van der Waals surface area (Å²) < 4.78 is 12.3. The van der Waals surface area contributed by atoms with Crippen molar-refractivity contribution in [3.63, 3.8) is 0 Å². The Labute approximate surface area is 154 Å². The summed E-state index contributed by atoms with van der Waals surface area (Å²) >= 11 is 1.44. The third-order valence-corrected chi connectivity index (χ3v) is 4.48. The lowest BCUT2D eigenvalue weighted by Gasteiger charge is -2.03. The lowest BCUT2D eigenvalue weighted by atomic mass is 10.2. The quantitative estimate of drug-likeness (QED) is 0.378. The Morgan fingerprint density at radius 3 is 2.85 bits per heavy atom. The van der Waals surface area contributed by atoms with Crippen LogP contribution in [0.2, 0.25) is 0 Å². The molecule has 7 heteroatoms. The molecule has 0 fully saturated rings. The molecule has 0 spiro atoms. The first-order valence-electron chi connectivity index (χ1n) is 7.78. The van der Waals surface area contributed by atoms with Gasteiger partial charge in [0.25, 0.3) is 0 Å². The van der Waals surface area contributed by atoms with Crippen LogP contribution in [0.15, 0.2) is 75.5 Å². The second-order valence-electron chi connectivity index (χ2n) is 5.35. The van der Waals surface area contributed by atoms with Gasteiger partial charge in [-0.1, -0.05) is 42.1 Å². The SMILES string of the molecule is Cn1ccnc1SCc1cc(=O)c(OC(=O)C=Cc2ccccc2)co1. The number of carbonyl (C=O) groups is 1. The Hall–Kier alpha value is -3.06. The van der Waals surface area contributed by atoms with Gasteiger partial charge in [-0.25, -0.2) is 9.78 Å². The Kier molecular flexibility index (Phi) is 5.70. The highest BCUT2D eigenvalue weighted by Gasteiger charge is 2.09. The second-order valence-corrected chi connectivity index (χ2v) is 6.29. The summed E-state index contributed by atoms with van der Waals surface area (Å²) in [7, 11) is 1.89. The van der Waals surface area contributed by atoms with E-state index in [0.29, 0.717) is 11.5 Å². The highest BCUT2D eigenvalue weighted by atomic mass is 32.2. The van der Waals surface area contributed by atoms with Crippen molar-refractivity contribution in [3.8, 4) is 5.75 Å². The van der Waals surface area contributed by atoms with Gasteiger partial charge in [0, 0.05) is 31.6 Å². The van der Waals surface area contributed by atoms with Gasteiger partial charge >= 0.3 is 5.97 Å². The van der Waals surface area contributed by atoms with Crippen LogP contribution in [0.3, 0.4) is 0 Å². The minimum absolute atomic E-state index is 0.140. The van der Waals surface area contributed by atoms with Crippen LogP contribution >= 0.6 is 11.8 Å². The molecule has 3 aromatic rings. The molecule has 0 amide bonds. The maximum atomic E-state index is 12.1. The Morgan fingerprint density at radius 1 is 1.35 bits per heavy atom. The number of rotatable bonds is 6. The van der Waals surface area contributed by atoms with E-state index in [1.807, 2.05) is 48.1 Å². The number of thioether (sulfide) groups is 1. The van der Waals surface area contributed by atoms with Gasteiger partial charge in [0.15, 0.2) is 5.16 Å². The zero-order valence-electron chi connectivity index (χ0n) is 14.0. The highest BCUT2D eigenvalue weighted by Crippen LogP contribution is 2.20. The molecule has 1 aromatic carbocycles. The van der Waals surface area contributed by atoms with Gasteiger partial charge in [0.2, 0.25) is 11.2 Å². The topological polar surface area (TPSA) is 74.3 Å². The van der Waals surface area contributed by atoms with E-state index < -0.39 is 11.4 Å². The molecule has 0 aliphatic heterocycles. The smallest absolute Gasteiger partial charge is 0.336 e. The Morgan fingerprint density at radius 2 is 2.15 bits per heavy atom. The van der Waals surface area contributed by atoms with Crippen LogP contribution in [0, 0.1) is 0 Å². The molecule has 0 atom stereocenters. The number of imidazole rings is 1. The van der Waals surface area contributed by atoms with Gasteiger partial charge in [-0.15, -0.1) is 0 Å². The van der Waals surface area contributed by atoms with Crippen LogP contribution in [0.1, 0.15) is 11.3 Å². The van der Waals surface area contributed by atoms with Crippen molar-refractivity contribution >= 4 is 23.8 Å². The fourth-order valence-electron chi connectivity index (χ4n) is 2.09. The van der Waals surface area contributed by atoms with Crippen LogP contribution < -0.4 is 10.2 Å². The molecule has 0 aliphatic rings. The summed E-state index contributed by atoms with van der Waals surface area (Å²) in [6, 6.07) is 10.6. The van der Waals surface area contributed by atoms with Crippen LogP contribution in [0.4, 0.5) is 0 Å². The van der Waals surface area contributed by atoms with E-state index in [0.717, 1.165) is 17.0 Å². The molecule has 26 heavy (non-hydrogen) atoms. The fourth-order valence-corrected chi connectivity index (χ4v) is 2.91. The van der Waals surface area contributed by atoms with E-state index in [1.54, 1.807) is 12.3 Å². The molecule has 6 nitrogen and oxygen atoms in total. The minimum atomic E-state index is -0.642. The summed E-state index contributed by atoms with van der Waals surface area (Å²) in [5.74, 6) is 0.139. The largest absolute Gasteiger partial charge is 0.464 e. The maximum Gasteiger partial charge on any atom is 0.336 e. The lowest BCUT2D eigenvalue weighted by molar-refractivity contribution is -0.129. The number of benzene rings is 1.